The van der Waals surface area contributed by atoms with Gasteiger partial charge in [-0.15, -0.1) is 0 Å². The van der Waals surface area contributed by atoms with Gasteiger partial charge in [0.25, 0.3) is 5.91 Å². The number of hydrogen-bond donors (Lipinski definition) is 0. The van der Waals surface area contributed by atoms with Gasteiger partial charge in [0.2, 0.25) is 5.91 Å². The molecule has 0 atom stereocenters. The number of amides is 2. The van der Waals surface area contributed by atoms with E-state index >= 15 is 0 Å². The number of rotatable bonds is 5. The van der Waals surface area contributed by atoms with Crippen molar-refractivity contribution in [2.75, 3.05) is 26.2 Å². The molecule has 2 aromatic carbocycles. The molecule has 31 heavy (non-hydrogen) atoms. The van der Waals surface area contributed by atoms with Crippen LogP contribution in [0.4, 0.5) is 0 Å². The smallest absolute Gasteiger partial charge is 0.253 e. The Hall–Kier alpha value is -2.82. The summed E-state index contributed by atoms with van der Waals surface area (Å²) in [5, 5.41) is 0. The van der Waals surface area contributed by atoms with Gasteiger partial charge in [0, 0.05) is 37.2 Å². The fourth-order valence-corrected chi connectivity index (χ4v) is 4.53. The Morgan fingerprint density at radius 2 is 1.58 bits per heavy atom. The van der Waals surface area contributed by atoms with Crippen molar-refractivity contribution in [1.29, 1.82) is 0 Å². The van der Waals surface area contributed by atoms with Crippen LogP contribution in [0, 0.1) is 5.41 Å². The standard InChI is InChI=1S/C26H30N2O3/c1-26(12-3-13-26)25(30)28-16-14-27(15-17-28)24(29)20-8-6-19(7-9-20)21-4-2-5-23(18-21)31-22-10-11-22/h2,4-9,18,22H,3,10-17H2,1H3. The Morgan fingerprint density at radius 1 is 0.903 bits per heavy atom. The van der Waals surface area contributed by atoms with Crippen LogP contribution in [-0.4, -0.2) is 53.9 Å². The second-order valence-electron chi connectivity index (χ2n) is 9.42. The van der Waals surface area contributed by atoms with Gasteiger partial charge < -0.3 is 14.5 Å². The van der Waals surface area contributed by atoms with Gasteiger partial charge in [0.1, 0.15) is 5.75 Å². The molecule has 2 amide bonds. The number of benzene rings is 2. The van der Waals surface area contributed by atoms with Gasteiger partial charge >= 0.3 is 0 Å². The number of ether oxygens (including phenoxy) is 1. The molecule has 5 nitrogen and oxygen atoms in total. The van der Waals surface area contributed by atoms with Crippen molar-refractivity contribution in [3.05, 3.63) is 54.1 Å². The van der Waals surface area contributed by atoms with Crippen molar-refractivity contribution in [2.45, 2.75) is 45.1 Å². The van der Waals surface area contributed by atoms with Crippen LogP contribution in [0.15, 0.2) is 48.5 Å². The zero-order valence-corrected chi connectivity index (χ0v) is 18.2. The third kappa shape index (κ3) is 4.18. The first-order chi connectivity index (χ1) is 15.0. The maximum absolute atomic E-state index is 13.0. The lowest BCUT2D eigenvalue weighted by molar-refractivity contribution is -0.147. The summed E-state index contributed by atoms with van der Waals surface area (Å²) >= 11 is 0. The minimum Gasteiger partial charge on any atom is -0.490 e. The van der Waals surface area contributed by atoms with E-state index in [-0.39, 0.29) is 17.2 Å². The van der Waals surface area contributed by atoms with Crippen LogP contribution in [0.2, 0.25) is 0 Å². The topological polar surface area (TPSA) is 49.9 Å². The second kappa shape index (κ2) is 8.03. The van der Waals surface area contributed by atoms with Crippen molar-refractivity contribution >= 4 is 11.8 Å². The van der Waals surface area contributed by atoms with Crippen molar-refractivity contribution in [3.8, 4) is 16.9 Å². The zero-order chi connectivity index (χ0) is 21.4. The highest BCUT2D eigenvalue weighted by Gasteiger charge is 2.42. The van der Waals surface area contributed by atoms with E-state index in [0.29, 0.717) is 37.8 Å². The minimum atomic E-state index is -0.164. The van der Waals surface area contributed by atoms with E-state index in [4.69, 9.17) is 4.74 Å². The summed E-state index contributed by atoms with van der Waals surface area (Å²) in [7, 11) is 0. The molecule has 2 saturated carbocycles. The molecule has 0 radical (unpaired) electrons. The number of nitrogens with zero attached hydrogens (tertiary/aromatic N) is 2. The van der Waals surface area contributed by atoms with Crippen LogP contribution in [0.1, 0.15) is 49.4 Å². The fourth-order valence-electron chi connectivity index (χ4n) is 4.53. The normalized spacial score (nSPS) is 20.2. The first-order valence-electron chi connectivity index (χ1n) is 11.5. The van der Waals surface area contributed by atoms with Crippen molar-refractivity contribution in [3.63, 3.8) is 0 Å². The van der Waals surface area contributed by atoms with E-state index < -0.39 is 0 Å². The van der Waals surface area contributed by atoms with Gasteiger partial charge in [0.15, 0.2) is 0 Å². The molecular formula is C26H30N2O3. The maximum atomic E-state index is 13.0. The molecular weight excluding hydrogens is 388 g/mol. The second-order valence-corrected chi connectivity index (χ2v) is 9.42. The lowest BCUT2D eigenvalue weighted by atomic mass is 9.69. The van der Waals surface area contributed by atoms with Gasteiger partial charge in [0.05, 0.1) is 6.10 Å². The summed E-state index contributed by atoms with van der Waals surface area (Å²) in [6.07, 6.45) is 5.79. The van der Waals surface area contributed by atoms with Crippen LogP contribution in [0.3, 0.4) is 0 Å². The quantitative estimate of drug-likeness (QED) is 0.725. The van der Waals surface area contributed by atoms with Crippen LogP contribution in [-0.2, 0) is 4.79 Å². The van der Waals surface area contributed by atoms with Gasteiger partial charge in [-0.3, -0.25) is 9.59 Å². The Morgan fingerprint density at radius 3 is 2.19 bits per heavy atom. The Labute approximate surface area is 184 Å². The summed E-state index contributed by atoms with van der Waals surface area (Å²) in [5.74, 6) is 1.21. The molecule has 2 aliphatic carbocycles. The monoisotopic (exact) mass is 418 g/mol. The summed E-state index contributed by atoms with van der Waals surface area (Å²) in [5.41, 5.74) is 2.69. The van der Waals surface area contributed by atoms with Crippen molar-refractivity contribution in [1.82, 2.24) is 9.80 Å². The molecule has 3 aliphatic rings. The van der Waals surface area contributed by atoms with E-state index in [1.165, 1.54) is 0 Å². The first-order valence-corrected chi connectivity index (χ1v) is 11.5. The van der Waals surface area contributed by atoms with Gasteiger partial charge in [-0.05, 0) is 61.1 Å². The fraction of sp³-hybridized carbons (Fsp3) is 0.462. The van der Waals surface area contributed by atoms with E-state index in [1.807, 2.05) is 46.2 Å². The molecule has 0 aromatic heterocycles. The molecule has 1 saturated heterocycles. The Balaban J connectivity index is 1.20. The lowest BCUT2D eigenvalue weighted by Crippen LogP contribution is -2.55. The molecule has 0 bridgehead atoms. The maximum Gasteiger partial charge on any atom is 0.253 e. The van der Waals surface area contributed by atoms with Crippen LogP contribution < -0.4 is 4.74 Å². The van der Waals surface area contributed by atoms with Gasteiger partial charge in [-0.25, -0.2) is 0 Å². The van der Waals surface area contributed by atoms with Crippen LogP contribution in [0.25, 0.3) is 11.1 Å². The number of hydrogen-bond acceptors (Lipinski definition) is 3. The molecule has 3 fully saturated rings. The van der Waals surface area contributed by atoms with E-state index in [0.717, 1.165) is 49.0 Å². The van der Waals surface area contributed by atoms with Crippen LogP contribution >= 0.6 is 0 Å². The highest BCUT2D eigenvalue weighted by Crippen LogP contribution is 2.42. The highest BCUT2D eigenvalue weighted by molar-refractivity contribution is 5.95. The van der Waals surface area contributed by atoms with Crippen molar-refractivity contribution < 1.29 is 14.3 Å². The third-order valence-electron chi connectivity index (χ3n) is 6.95. The third-order valence-corrected chi connectivity index (χ3v) is 6.95. The summed E-state index contributed by atoms with van der Waals surface area (Å²) in [4.78, 5) is 29.5. The largest absolute Gasteiger partial charge is 0.490 e. The summed E-state index contributed by atoms with van der Waals surface area (Å²) < 4.78 is 5.90. The van der Waals surface area contributed by atoms with Crippen molar-refractivity contribution in [2.24, 2.45) is 5.41 Å². The van der Waals surface area contributed by atoms with E-state index in [9.17, 15) is 9.59 Å². The lowest BCUT2D eigenvalue weighted by Gasteiger charge is -2.43. The molecule has 0 unspecified atom stereocenters. The average molecular weight is 419 g/mol. The number of carbonyl (C=O) groups is 2. The van der Waals surface area contributed by atoms with Gasteiger partial charge in [-0.2, -0.15) is 0 Å². The molecule has 1 aliphatic heterocycles. The van der Waals surface area contributed by atoms with Gasteiger partial charge in [-0.1, -0.05) is 37.6 Å². The number of carbonyl (C=O) groups excluding carboxylic acids is 2. The molecule has 5 heteroatoms. The van der Waals surface area contributed by atoms with E-state index in [1.54, 1.807) is 0 Å². The van der Waals surface area contributed by atoms with Crippen LogP contribution in [0.5, 0.6) is 5.75 Å². The molecule has 0 N–H and O–H groups in total. The molecule has 0 spiro atoms. The zero-order valence-electron chi connectivity index (χ0n) is 18.2. The molecule has 2 aromatic rings. The summed E-state index contributed by atoms with van der Waals surface area (Å²) in [6, 6.07) is 15.9. The Bertz CT molecular complexity index is 968. The average Bonchev–Trinajstić information content (AvgIpc) is 3.61. The SMILES string of the molecule is CC1(C(=O)N2CCN(C(=O)c3ccc(-c4cccc(OC5CC5)c4)cc3)CC2)CCC1. The van der Waals surface area contributed by atoms with E-state index in [2.05, 4.69) is 19.1 Å². The first kappa shape index (κ1) is 20.1. The highest BCUT2D eigenvalue weighted by atomic mass is 16.5. The predicted octanol–water partition coefficient (Wildman–Crippen LogP) is 4.37. The minimum absolute atomic E-state index is 0.0410. The number of piperazine rings is 1. The molecule has 1 heterocycles. The molecule has 162 valence electrons. The Kier molecular flexibility index (Phi) is 5.20. The predicted molar refractivity (Wildman–Crippen MR) is 120 cm³/mol. The molecule has 5 rings (SSSR count). The summed E-state index contributed by atoms with van der Waals surface area (Å²) in [6.45, 7) is 4.54.